The number of nitrogens with one attached hydrogen (secondary N) is 1. The lowest BCUT2D eigenvalue weighted by molar-refractivity contribution is 0.0918. The van der Waals surface area contributed by atoms with Crippen molar-refractivity contribution in [3.8, 4) is 11.4 Å². The molecule has 3 aliphatic rings. The molecule has 2 aromatic heterocycles. The summed E-state index contributed by atoms with van der Waals surface area (Å²) in [7, 11) is 0. The summed E-state index contributed by atoms with van der Waals surface area (Å²) >= 11 is 1.68. The lowest BCUT2D eigenvalue weighted by atomic mass is 9.83. The number of amides is 1. The first kappa shape index (κ1) is 26.4. The van der Waals surface area contributed by atoms with Gasteiger partial charge in [-0.25, -0.2) is 4.98 Å². The number of thiazole rings is 1. The van der Waals surface area contributed by atoms with Crippen LogP contribution in [-0.4, -0.2) is 51.1 Å². The van der Waals surface area contributed by atoms with Crippen molar-refractivity contribution in [3.63, 3.8) is 0 Å². The van der Waals surface area contributed by atoms with E-state index in [1.165, 1.54) is 49.2 Å². The molecule has 39 heavy (non-hydrogen) atoms. The van der Waals surface area contributed by atoms with Gasteiger partial charge in [-0.05, 0) is 102 Å². The first-order chi connectivity index (χ1) is 19.1. The van der Waals surface area contributed by atoms with Crippen LogP contribution < -0.4 is 11.1 Å². The van der Waals surface area contributed by atoms with Crippen LogP contribution in [0.4, 0.5) is 5.13 Å². The number of hydrogen-bond acceptors (Lipinski definition) is 8. The summed E-state index contributed by atoms with van der Waals surface area (Å²) in [6.07, 6.45) is 12.5. The molecule has 2 heterocycles. The number of aryl methyl sites for hydroxylation is 1. The maximum atomic E-state index is 12.9. The van der Waals surface area contributed by atoms with Crippen molar-refractivity contribution in [3.05, 3.63) is 46.3 Å². The van der Waals surface area contributed by atoms with Gasteiger partial charge in [0.1, 0.15) is 0 Å². The molecule has 208 valence electrons. The second kappa shape index (κ2) is 11.8. The second-order valence-corrected chi connectivity index (χ2v) is 12.8. The van der Waals surface area contributed by atoms with Crippen LogP contribution in [0, 0.1) is 5.92 Å². The summed E-state index contributed by atoms with van der Waals surface area (Å²) in [5, 5.41) is 8.09. The van der Waals surface area contributed by atoms with Crippen molar-refractivity contribution in [2.24, 2.45) is 5.92 Å². The van der Waals surface area contributed by atoms with Gasteiger partial charge in [-0.15, -0.1) is 11.3 Å². The number of nitrogen functional groups attached to an aromatic ring is 1. The molecule has 0 unspecified atom stereocenters. The van der Waals surface area contributed by atoms with E-state index in [-0.39, 0.29) is 11.9 Å². The summed E-state index contributed by atoms with van der Waals surface area (Å²) in [5.74, 6) is 2.51. The Bertz CT molecular complexity index is 1260. The van der Waals surface area contributed by atoms with E-state index < -0.39 is 0 Å². The molecule has 0 radical (unpaired) electrons. The third-order valence-corrected chi connectivity index (χ3v) is 9.69. The van der Waals surface area contributed by atoms with Gasteiger partial charge in [0, 0.05) is 34.0 Å². The molecule has 3 aliphatic carbocycles. The minimum atomic E-state index is 0.00581. The van der Waals surface area contributed by atoms with Crippen LogP contribution in [0.1, 0.15) is 97.4 Å². The Morgan fingerprint density at radius 2 is 1.87 bits per heavy atom. The van der Waals surface area contributed by atoms with E-state index in [4.69, 9.17) is 10.3 Å². The third kappa shape index (κ3) is 6.35. The number of rotatable bonds is 10. The van der Waals surface area contributed by atoms with Gasteiger partial charge < -0.3 is 20.5 Å². The zero-order valence-corrected chi connectivity index (χ0v) is 23.7. The Balaban J connectivity index is 0.951. The Hall–Kier alpha value is -2.78. The molecule has 6 rings (SSSR count). The average Bonchev–Trinajstić information content (AvgIpc) is 3.56. The van der Waals surface area contributed by atoms with Crippen molar-refractivity contribution < 1.29 is 9.32 Å². The van der Waals surface area contributed by atoms with Crippen molar-refractivity contribution >= 4 is 22.4 Å². The predicted molar refractivity (Wildman–Crippen MR) is 154 cm³/mol. The number of fused-ring (bicyclic) bond motifs is 1. The maximum Gasteiger partial charge on any atom is 0.251 e. The fraction of sp³-hybridized carbons (Fsp3) is 0.600. The minimum Gasteiger partial charge on any atom is -0.375 e. The van der Waals surface area contributed by atoms with Crippen LogP contribution in [0.5, 0.6) is 0 Å². The summed E-state index contributed by atoms with van der Waals surface area (Å²) in [4.78, 5) is 26.1. The molecule has 0 saturated heterocycles. The van der Waals surface area contributed by atoms with Gasteiger partial charge in [-0.2, -0.15) is 4.98 Å². The molecule has 2 saturated carbocycles. The average molecular weight is 549 g/mol. The number of carbonyl (C=O) groups is 1. The van der Waals surface area contributed by atoms with Gasteiger partial charge >= 0.3 is 0 Å². The van der Waals surface area contributed by atoms with E-state index in [0.29, 0.717) is 23.3 Å². The topological polar surface area (TPSA) is 110 Å². The first-order valence-electron chi connectivity index (χ1n) is 14.8. The first-order valence-corrected chi connectivity index (χ1v) is 15.6. The Labute approximate surface area is 234 Å². The van der Waals surface area contributed by atoms with E-state index >= 15 is 0 Å². The quantitative estimate of drug-likeness (QED) is 0.339. The van der Waals surface area contributed by atoms with Gasteiger partial charge in [0.05, 0.1) is 5.69 Å². The molecular weight excluding hydrogens is 508 g/mol. The number of carbonyl (C=O) groups excluding carboxylic acids is 1. The van der Waals surface area contributed by atoms with Crippen LogP contribution in [0.3, 0.4) is 0 Å². The van der Waals surface area contributed by atoms with E-state index in [2.05, 4.69) is 32.3 Å². The van der Waals surface area contributed by atoms with Gasteiger partial charge in [-0.3, -0.25) is 4.79 Å². The highest BCUT2D eigenvalue weighted by molar-refractivity contribution is 7.15. The molecular formula is C30H40N6O2S. The minimum absolute atomic E-state index is 0.00581. The largest absolute Gasteiger partial charge is 0.375 e. The van der Waals surface area contributed by atoms with E-state index in [1.807, 2.05) is 24.3 Å². The van der Waals surface area contributed by atoms with Gasteiger partial charge in [0.25, 0.3) is 5.91 Å². The molecule has 1 aromatic carbocycles. The SMILES string of the molecule is CCCN(CCC1CCC(NC(=O)c2ccc(-c3noc(C4CC4)n3)cc2)CC1)[C@H]1CCc2nc(N)sc2C1. The molecule has 8 nitrogen and oxygen atoms in total. The predicted octanol–water partition coefficient (Wildman–Crippen LogP) is 5.60. The molecule has 0 aliphatic heterocycles. The lowest BCUT2D eigenvalue weighted by Crippen LogP contribution is -2.41. The molecule has 3 N–H and O–H groups in total. The molecule has 0 spiro atoms. The smallest absolute Gasteiger partial charge is 0.251 e. The molecule has 1 amide bonds. The van der Waals surface area contributed by atoms with Crippen molar-refractivity contribution in [2.75, 3.05) is 18.8 Å². The molecule has 9 heteroatoms. The zero-order valence-electron chi connectivity index (χ0n) is 22.9. The highest BCUT2D eigenvalue weighted by Crippen LogP contribution is 2.39. The fourth-order valence-corrected chi connectivity index (χ4v) is 7.23. The van der Waals surface area contributed by atoms with Crippen molar-refractivity contribution in [2.45, 2.75) is 95.6 Å². The third-order valence-electron chi connectivity index (χ3n) is 8.74. The van der Waals surface area contributed by atoms with E-state index in [9.17, 15) is 4.79 Å². The number of anilines is 1. The van der Waals surface area contributed by atoms with Crippen LogP contribution in [-0.2, 0) is 12.8 Å². The Kier molecular flexibility index (Phi) is 7.97. The van der Waals surface area contributed by atoms with Gasteiger partial charge in [0.2, 0.25) is 11.7 Å². The Morgan fingerprint density at radius 1 is 1.08 bits per heavy atom. The second-order valence-electron chi connectivity index (χ2n) is 11.6. The van der Waals surface area contributed by atoms with Crippen LogP contribution in [0.2, 0.25) is 0 Å². The lowest BCUT2D eigenvalue weighted by Gasteiger charge is -2.36. The molecule has 3 aromatic rings. The number of nitrogens with two attached hydrogens (primary N) is 1. The highest BCUT2D eigenvalue weighted by Gasteiger charge is 2.30. The number of nitrogens with zero attached hydrogens (tertiary/aromatic N) is 4. The standard InChI is InChI=1S/C30H40N6O2S/c1-2-16-36(24-13-14-25-26(18-24)39-30(31)33-25)17-15-19-3-11-23(12-4-19)32-28(37)21-7-5-20(6-8-21)27-34-29(38-35-27)22-9-10-22/h5-8,19,22-24H,2-4,9-18H2,1H3,(H2,31,33)(H,32,37)/t19?,23?,24-/m0/s1. The monoisotopic (exact) mass is 548 g/mol. The number of aromatic nitrogens is 3. The van der Waals surface area contributed by atoms with E-state index in [0.717, 1.165) is 67.6 Å². The molecule has 1 atom stereocenters. The molecule has 0 bridgehead atoms. The van der Waals surface area contributed by atoms with Crippen molar-refractivity contribution in [1.29, 1.82) is 0 Å². The summed E-state index contributed by atoms with van der Waals surface area (Å²) in [6.45, 7) is 4.61. The van der Waals surface area contributed by atoms with Crippen LogP contribution in [0.25, 0.3) is 11.4 Å². The van der Waals surface area contributed by atoms with Crippen molar-refractivity contribution in [1.82, 2.24) is 25.3 Å². The maximum absolute atomic E-state index is 12.9. The summed E-state index contributed by atoms with van der Waals surface area (Å²) in [6, 6.07) is 8.41. The zero-order chi connectivity index (χ0) is 26.8. The van der Waals surface area contributed by atoms with Gasteiger partial charge in [-0.1, -0.05) is 24.2 Å². The summed E-state index contributed by atoms with van der Waals surface area (Å²) < 4.78 is 5.37. The highest BCUT2D eigenvalue weighted by atomic mass is 32.1. The normalized spacial score (nSPS) is 23.1. The number of benzene rings is 1. The Morgan fingerprint density at radius 3 is 2.62 bits per heavy atom. The molecule has 2 fully saturated rings. The fourth-order valence-electron chi connectivity index (χ4n) is 6.29. The van der Waals surface area contributed by atoms with Crippen LogP contribution in [0.15, 0.2) is 28.8 Å². The van der Waals surface area contributed by atoms with E-state index in [1.54, 1.807) is 11.3 Å². The van der Waals surface area contributed by atoms with Crippen LogP contribution >= 0.6 is 11.3 Å². The summed E-state index contributed by atoms with van der Waals surface area (Å²) in [5.41, 5.74) is 8.76. The van der Waals surface area contributed by atoms with Gasteiger partial charge in [0.15, 0.2) is 5.13 Å². The number of hydrogen-bond donors (Lipinski definition) is 2.